The lowest BCUT2D eigenvalue weighted by atomic mass is 10.1. The summed E-state index contributed by atoms with van der Waals surface area (Å²) in [6.45, 7) is 0.771. The first kappa shape index (κ1) is 16.0. The summed E-state index contributed by atoms with van der Waals surface area (Å²) in [5.41, 5.74) is 2.08. The quantitative estimate of drug-likeness (QED) is 0.788. The van der Waals surface area contributed by atoms with Gasteiger partial charge in [0.25, 0.3) is 0 Å². The van der Waals surface area contributed by atoms with E-state index in [0.29, 0.717) is 12.3 Å². The fourth-order valence-corrected chi connectivity index (χ4v) is 4.07. The molecule has 1 aliphatic carbocycles. The number of thiazole rings is 1. The van der Waals surface area contributed by atoms with Crippen LogP contribution in [0.1, 0.15) is 53.5 Å². The maximum Gasteiger partial charge on any atom is 0.303 e. The Labute approximate surface area is 140 Å². The minimum Gasteiger partial charge on any atom is -0.481 e. The van der Waals surface area contributed by atoms with Gasteiger partial charge in [-0.1, -0.05) is 25.0 Å². The molecule has 5 heteroatoms. The third-order valence-corrected chi connectivity index (χ3v) is 5.46. The SMILES string of the molecule is O=C(O)CCc1cccc(NCc2cnc(C3CCCC3)s2)c1. The van der Waals surface area contributed by atoms with Crippen molar-refractivity contribution < 1.29 is 9.90 Å². The molecule has 0 spiro atoms. The molecule has 1 heterocycles. The zero-order valence-electron chi connectivity index (χ0n) is 13.1. The Kier molecular flexibility index (Phi) is 5.28. The van der Waals surface area contributed by atoms with Crippen LogP contribution in [0.15, 0.2) is 30.5 Å². The third-order valence-electron chi connectivity index (χ3n) is 4.30. The van der Waals surface area contributed by atoms with E-state index in [4.69, 9.17) is 5.11 Å². The van der Waals surface area contributed by atoms with Gasteiger partial charge in [0.1, 0.15) is 0 Å². The van der Waals surface area contributed by atoms with Gasteiger partial charge < -0.3 is 10.4 Å². The van der Waals surface area contributed by atoms with Crippen molar-refractivity contribution in [2.75, 3.05) is 5.32 Å². The molecule has 4 nitrogen and oxygen atoms in total. The number of nitrogens with one attached hydrogen (secondary N) is 1. The van der Waals surface area contributed by atoms with E-state index in [-0.39, 0.29) is 6.42 Å². The molecule has 0 aliphatic heterocycles. The van der Waals surface area contributed by atoms with Crippen LogP contribution in [0.4, 0.5) is 5.69 Å². The molecule has 0 atom stereocenters. The van der Waals surface area contributed by atoms with Crippen LogP contribution in [-0.4, -0.2) is 16.1 Å². The molecular weight excluding hydrogens is 308 g/mol. The highest BCUT2D eigenvalue weighted by Gasteiger charge is 2.19. The topological polar surface area (TPSA) is 62.2 Å². The summed E-state index contributed by atoms with van der Waals surface area (Å²) in [7, 11) is 0. The fourth-order valence-electron chi connectivity index (χ4n) is 3.04. The van der Waals surface area contributed by atoms with Gasteiger partial charge in [0.2, 0.25) is 0 Å². The number of carboxylic acids is 1. The number of aromatic nitrogens is 1. The Balaban J connectivity index is 1.55. The number of nitrogens with zero attached hydrogens (tertiary/aromatic N) is 1. The van der Waals surface area contributed by atoms with E-state index in [2.05, 4.69) is 10.3 Å². The smallest absolute Gasteiger partial charge is 0.303 e. The van der Waals surface area contributed by atoms with Gasteiger partial charge in [0, 0.05) is 29.1 Å². The molecule has 1 fully saturated rings. The maximum atomic E-state index is 10.7. The second-order valence-corrected chi connectivity index (χ2v) is 7.24. The predicted molar refractivity (Wildman–Crippen MR) is 93.0 cm³/mol. The molecule has 0 amide bonds. The van der Waals surface area contributed by atoms with Crippen molar-refractivity contribution in [2.45, 2.75) is 51.0 Å². The van der Waals surface area contributed by atoms with E-state index >= 15 is 0 Å². The standard InChI is InChI=1S/C18H22N2O2S/c21-17(22)9-8-13-4-3-7-15(10-13)19-11-16-12-20-18(23-16)14-5-1-2-6-14/h3-4,7,10,12,14,19H,1-2,5-6,8-9,11H2,(H,21,22). The highest BCUT2D eigenvalue weighted by atomic mass is 32.1. The van der Waals surface area contributed by atoms with Crippen LogP contribution in [-0.2, 0) is 17.8 Å². The Bertz CT molecular complexity index is 663. The van der Waals surface area contributed by atoms with E-state index < -0.39 is 5.97 Å². The number of carboxylic acid groups (broad SMARTS) is 1. The molecule has 2 N–H and O–H groups in total. The lowest BCUT2D eigenvalue weighted by molar-refractivity contribution is -0.136. The van der Waals surface area contributed by atoms with E-state index in [1.54, 1.807) is 0 Å². The number of carbonyl (C=O) groups is 1. The van der Waals surface area contributed by atoms with E-state index in [0.717, 1.165) is 17.8 Å². The number of anilines is 1. The molecule has 1 aromatic heterocycles. The molecule has 0 saturated heterocycles. The lowest BCUT2D eigenvalue weighted by Gasteiger charge is -2.07. The Morgan fingerprint density at radius 1 is 1.35 bits per heavy atom. The first-order valence-electron chi connectivity index (χ1n) is 8.20. The summed E-state index contributed by atoms with van der Waals surface area (Å²) in [6.07, 6.45) is 7.96. The largest absolute Gasteiger partial charge is 0.481 e. The molecule has 3 rings (SSSR count). The van der Waals surface area contributed by atoms with Crippen molar-refractivity contribution in [3.05, 3.63) is 45.9 Å². The maximum absolute atomic E-state index is 10.7. The van der Waals surface area contributed by atoms with Crippen molar-refractivity contribution in [3.8, 4) is 0 Å². The molecule has 0 unspecified atom stereocenters. The lowest BCUT2D eigenvalue weighted by Crippen LogP contribution is -2.00. The summed E-state index contributed by atoms with van der Waals surface area (Å²) >= 11 is 1.82. The van der Waals surface area contributed by atoms with Crippen molar-refractivity contribution >= 4 is 23.0 Å². The summed E-state index contributed by atoms with van der Waals surface area (Å²) in [5, 5.41) is 13.5. The normalized spacial score (nSPS) is 15.0. The summed E-state index contributed by atoms with van der Waals surface area (Å²) < 4.78 is 0. The Morgan fingerprint density at radius 3 is 2.96 bits per heavy atom. The van der Waals surface area contributed by atoms with E-state index in [9.17, 15) is 4.79 Å². The number of rotatable bonds is 7. The molecule has 1 aliphatic rings. The van der Waals surface area contributed by atoms with Crippen molar-refractivity contribution in [2.24, 2.45) is 0 Å². The highest BCUT2D eigenvalue weighted by Crippen LogP contribution is 2.36. The first-order valence-corrected chi connectivity index (χ1v) is 9.01. The minimum absolute atomic E-state index is 0.170. The minimum atomic E-state index is -0.757. The summed E-state index contributed by atoms with van der Waals surface area (Å²) in [5.74, 6) is -0.0828. The monoisotopic (exact) mass is 330 g/mol. The van der Waals surface area contributed by atoms with Gasteiger partial charge in [-0.3, -0.25) is 4.79 Å². The van der Waals surface area contributed by atoms with Crippen molar-refractivity contribution in [3.63, 3.8) is 0 Å². The van der Waals surface area contributed by atoms with Crippen LogP contribution in [0, 0.1) is 0 Å². The van der Waals surface area contributed by atoms with Crippen LogP contribution in [0.25, 0.3) is 0 Å². The molecule has 0 bridgehead atoms. The van der Waals surface area contributed by atoms with Crippen LogP contribution >= 0.6 is 11.3 Å². The zero-order chi connectivity index (χ0) is 16.1. The van der Waals surface area contributed by atoms with Crippen LogP contribution in [0.2, 0.25) is 0 Å². The van der Waals surface area contributed by atoms with Crippen LogP contribution in [0.3, 0.4) is 0 Å². The highest BCUT2D eigenvalue weighted by molar-refractivity contribution is 7.11. The van der Waals surface area contributed by atoms with E-state index in [1.165, 1.54) is 35.6 Å². The van der Waals surface area contributed by atoms with Gasteiger partial charge in [0.05, 0.1) is 11.6 Å². The molecule has 23 heavy (non-hydrogen) atoms. The average molecular weight is 330 g/mol. The van der Waals surface area contributed by atoms with Gasteiger partial charge in [-0.2, -0.15) is 0 Å². The van der Waals surface area contributed by atoms with Gasteiger partial charge >= 0.3 is 5.97 Å². The van der Waals surface area contributed by atoms with Crippen molar-refractivity contribution in [1.82, 2.24) is 4.98 Å². The Hall–Kier alpha value is -1.88. The molecular formula is C18H22N2O2S. The van der Waals surface area contributed by atoms with Crippen LogP contribution < -0.4 is 5.32 Å². The zero-order valence-corrected chi connectivity index (χ0v) is 13.9. The van der Waals surface area contributed by atoms with Gasteiger partial charge in [-0.15, -0.1) is 11.3 Å². The van der Waals surface area contributed by atoms with Gasteiger partial charge in [0.15, 0.2) is 0 Å². The third kappa shape index (κ3) is 4.55. The summed E-state index contributed by atoms with van der Waals surface area (Å²) in [6, 6.07) is 7.99. The molecule has 2 aromatic rings. The number of hydrogen-bond acceptors (Lipinski definition) is 4. The molecule has 0 radical (unpaired) electrons. The van der Waals surface area contributed by atoms with Gasteiger partial charge in [-0.05, 0) is 37.0 Å². The van der Waals surface area contributed by atoms with Crippen LogP contribution in [0.5, 0.6) is 0 Å². The molecule has 1 aromatic carbocycles. The second kappa shape index (κ2) is 7.59. The Morgan fingerprint density at radius 2 is 2.17 bits per heavy atom. The fraction of sp³-hybridized carbons (Fsp3) is 0.444. The number of aryl methyl sites for hydroxylation is 1. The number of aliphatic carboxylic acids is 1. The second-order valence-electron chi connectivity index (χ2n) is 6.09. The number of benzene rings is 1. The first-order chi connectivity index (χ1) is 11.2. The van der Waals surface area contributed by atoms with Gasteiger partial charge in [-0.25, -0.2) is 4.98 Å². The number of hydrogen-bond donors (Lipinski definition) is 2. The average Bonchev–Trinajstić information content (AvgIpc) is 3.22. The van der Waals surface area contributed by atoms with Crippen molar-refractivity contribution in [1.29, 1.82) is 0 Å². The predicted octanol–water partition coefficient (Wildman–Crippen LogP) is 4.43. The summed E-state index contributed by atoms with van der Waals surface area (Å²) in [4.78, 5) is 16.5. The molecule has 122 valence electrons. The molecule has 1 saturated carbocycles. The van der Waals surface area contributed by atoms with E-state index in [1.807, 2.05) is 41.8 Å².